The van der Waals surface area contributed by atoms with E-state index < -0.39 is 0 Å². The van der Waals surface area contributed by atoms with Gasteiger partial charge in [-0.05, 0) is 30.5 Å². The van der Waals surface area contributed by atoms with Gasteiger partial charge in [-0.25, -0.2) is 0 Å². The number of nitrogens with zero attached hydrogens (tertiary/aromatic N) is 1. The monoisotopic (exact) mass is 352 g/mol. The minimum absolute atomic E-state index is 0.0449. The first-order chi connectivity index (χ1) is 12.5. The third-order valence-electron chi connectivity index (χ3n) is 5.32. The summed E-state index contributed by atoms with van der Waals surface area (Å²) in [6.07, 6.45) is 0. The van der Waals surface area contributed by atoms with Crippen LogP contribution in [0.25, 0.3) is 11.1 Å². The van der Waals surface area contributed by atoms with Crippen molar-refractivity contribution in [1.29, 1.82) is 0 Å². The van der Waals surface area contributed by atoms with Gasteiger partial charge in [0.25, 0.3) is 0 Å². The van der Waals surface area contributed by atoms with Crippen LogP contribution in [-0.2, 0) is 4.79 Å². The van der Waals surface area contributed by atoms with Crippen molar-refractivity contribution < 1.29 is 9.90 Å². The van der Waals surface area contributed by atoms with Crippen molar-refractivity contribution in [2.75, 3.05) is 13.2 Å². The molecule has 3 atom stereocenters. The zero-order valence-electron chi connectivity index (χ0n) is 15.7. The number of hydrogen-bond donors (Lipinski definition) is 2. The maximum Gasteiger partial charge on any atom is 0.219 e. The predicted molar refractivity (Wildman–Crippen MR) is 105 cm³/mol. The van der Waals surface area contributed by atoms with E-state index in [-0.39, 0.29) is 36.6 Å². The standard InChI is InChI=1S/C22H28N2O2/c1-15(2)24(16(3)26)13-20-22(21(14-25)23-20)19-11-9-18(10-12-19)17-7-5-4-6-8-17/h4-12,15,20-23,25H,13-14H2,1-3H3/t20-,21-,22-/m0/s1. The highest BCUT2D eigenvalue weighted by Crippen LogP contribution is 2.34. The van der Waals surface area contributed by atoms with Gasteiger partial charge in [0.2, 0.25) is 5.91 Å². The van der Waals surface area contributed by atoms with Crippen LogP contribution in [0.15, 0.2) is 54.6 Å². The molecule has 0 bridgehead atoms. The fourth-order valence-corrected chi connectivity index (χ4v) is 3.88. The lowest BCUT2D eigenvalue weighted by Crippen LogP contribution is -2.65. The molecule has 0 unspecified atom stereocenters. The number of hydrogen-bond acceptors (Lipinski definition) is 3. The van der Waals surface area contributed by atoms with Crippen LogP contribution in [0.2, 0.25) is 0 Å². The van der Waals surface area contributed by atoms with E-state index in [4.69, 9.17) is 0 Å². The topological polar surface area (TPSA) is 52.6 Å². The zero-order valence-corrected chi connectivity index (χ0v) is 15.7. The summed E-state index contributed by atoms with van der Waals surface area (Å²) in [5, 5.41) is 13.1. The smallest absolute Gasteiger partial charge is 0.219 e. The van der Waals surface area contributed by atoms with Crippen molar-refractivity contribution in [1.82, 2.24) is 10.2 Å². The fourth-order valence-electron chi connectivity index (χ4n) is 3.88. The lowest BCUT2D eigenvalue weighted by Gasteiger charge is -2.48. The van der Waals surface area contributed by atoms with Gasteiger partial charge in [0, 0.05) is 37.5 Å². The van der Waals surface area contributed by atoms with Crippen molar-refractivity contribution in [2.24, 2.45) is 0 Å². The van der Waals surface area contributed by atoms with E-state index >= 15 is 0 Å². The Balaban J connectivity index is 1.77. The quantitative estimate of drug-likeness (QED) is 0.840. The molecular weight excluding hydrogens is 324 g/mol. The summed E-state index contributed by atoms with van der Waals surface area (Å²) in [6, 6.07) is 19.3. The normalized spacial score (nSPS) is 22.1. The molecule has 0 aliphatic carbocycles. The fraction of sp³-hybridized carbons (Fsp3) is 0.409. The van der Waals surface area contributed by atoms with Gasteiger partial charge in [-0.2, -0.15) is 0 Å². The summed E-state index contributed by atoms with van der Waals surface area (Å²) in [4.78, 5) is 13.8. The lowest BCUT2D eigenvalue weighted by molar-refractivity contribution is -0.131. The molecule has 1 saturated heterocycles. The number of carbonyl (C=O) groups excluding carboxylic acids is 1. The first-order valence-corrected chi connectivity index (χ1v) is 9.30. The molecule has 138 valence electrons. The van der Waals surface area contributed by atoms with Gasteiger partial charge in [0.05, 0.1) is 6.61 Å². The summed E-state index contributed by atoms with van der Waals surface area (Å²) >= 11 is 0. The van der Waals surface area contributed by atoms with Crippen molar-refractivity contribution in [3.8, 4) is 11.1 Å². The van der Waals surface area contributed by atoms with Crippen LogP contribution in [0.4, 0.5) is 0 Å². The number of amides is 1. The van der Waals surface area contributed by atoms with Gasteiger partial charge >= 0.3 is 0 Å². The molecule has 1 heterocycles. The van der Waals surface area contributed by atoms with Gasteiger partial charge in [-0.3, -0.25) is 4.79 Å². The van der Waals surface area contributed by atoms with E-state index in [1.54, 1.807) is 6.92 Å². The Bertz CT molecular complexity index is 728. The molecule has 0 saturated carbocycles. The molecule has 0 radical (unpaired) electrons. The Morgan fingerprint density at radius 1 is 1.04 bits per heavy atom. The summed E-state index contributed by atoms with van der Waals surface area (Å²) in [7, 11) is 0. The Morgan fingerprint density at radius 3 is 2.19 bits per heavy atom. The highest BCUT2D eigenvalue weighted by atomic mass is 16.3. The van der Waals surface area contributed by atoms with E-state index in [1.165, 1.54) is 16.7 Å². The summed E-state index contributed by atoms with van der Waals surface area (Å²) in [5.74, 6) is 0.304. The van der Waals surface area contributed by atoms with Gasteiger partial charge < -0.3 is 15.3 Å². The molecule has 0 spiro atoms. The van der Waals surface area contributed by atoms with Gasteiger partial charge in [0.1, 0.15) is 0 Å². The summed E-state index contributed by atoms with van der Waals surface area (Å²) in [5.41, 5.74) is 3.59. The average molecular weight is 352 g/mol. The SMILES string of the molecule is CC(=O)N(C[C@@H]1N[C@@H](CO)[C@H]1c1ccc(-c2ccccc2)cc1)C(C)C. The molecule has 1 fully saturated rings. The van der Waals surface area contributed by atoms with Crippen LogP contribution >= 0.6 is 0 Å². The van der Waals surface area contributed by atoms with E-state index in [2.05, 4.69) is 41.7 Å². The number of carbonyl (C=O) groups is 1. The number of benzene rings is 2. The zero-order chi connectivity index (χ0) is 18.7. The molecule has 3 rings (SSSR count). The number of nitrogens with one attached hydrogen (secondary N) is 1. The van der Waals surface area contributed by atoms with E-state index in [1.807, 2.05) is 36.9 Å². The van der Waals surface area contributed by atoms with E-state index in [0.29, 0.717) is 6.54 Å². The molecule has 0 aromatic heterocycles. The second kappa shape index (κ2) is 8.02. The minimum Gasteiger partial charge on any atom is -0.395 e. The van der Waals surface area contributed by atoms with Crippen molar-refractivity contribution in [3.05, 3.63) is 60.2 Å². The van der Waals surface area contributed by atoms with Crippen molar-refractivity contribution >= 4 is 5.91 Å². The van der Waals surface area contributed by atoms with Crippen molar-refractivity contribution in [2.45, 2.75) is 44.8 Å². The van der Waals surface area contributed by atoms with Crippen LogP contribution in [-0.4, -0.2) is 47.2 Å². The Kier molecular flexibility index (Phi) is 5.74. The number of aliphatic hydroxyl groups excluding tert-OH is 1. The highest BCUT2D eigenvalue weighted by Gasteiger charge is 2.42. The molecular formula is C22H28N2O2. The third kappa shape index (κ3) is 3.81. The van der Waals surface area contributed by atoms with Crippen LogP contribution in [0.5, 0.6) is 0 Å². The highest BCUT2D eigenvalue weighted by molar-refractivity contribution is 5.73. The van der Waals surface area contributed by atoms with Crippen LogP contribution in [0.1, 0.15) is 32.3 Å². The first-order valence-electron chi connectivity index (χ1n) is 9.30. The molecule has 2 N–H and O–H groups in total. The Morgan fingerprint density at radius 2 is 1.65 bits per heavy atom. The van der Waals surface area contributed by atoms with Crippen molar-refractivity contribution in [3.63, 3.8) is 0 Å². The maximum absolute atomic E-state index is 11.9. The molecule has 4 heteroatoms. The van der Waals surface area contributed by atoms with Gasteiger partial charge in [0.15, 0.2) is 0 Å². The molecule has 2 aromatic rings. The minimum atomic E-state index is 0.0449. The molecule has 1 amide bonds. The second-order valence-corrected chi connectivity index (χ2v) is 7.34. The first kappa shape index (κ1) is 18.6. The Labute approximate surface area is 155 Å². The lowest BCUT2D eigenvalue weighted by atomic mass is 9.77. The molecule has 4 nitrogen and oxygen atoms in total. The largest absolute Gasteiger partial charge is 0.395 e. The molecule has 26 heavy (non-hydrogen) atoms. The Hall–Kier alpha value is -2.17. The second-order valence-electron chi connectivity index (χ2n) is 7.34. The molecule has 2 aromatic carbocycles. The van der Waals surface area contributed by atoms with Gasteiger partial charge in [-0.1, -0.05) is 54.6 Å². The average Bonchev–Trinajstić information content (AvgIpc) is 2.62. The predicted octanol–water partition coefficient (Wildman–Crippen LogP) is 3.03. The summed E-state index contributed by atoms with van der Waals surface area (Å²) in [6.45, 7) is 6.45. The third-order valence-corrected chi connectivity index (χ3v) is 5.32. The van der Waals surface area contributed by atoms with Crippen LogP contribution in [0, 0.1) is 0 Å². The van der Waals surface area contributed by atoms with E-state index in [9.17, 15) is 9.90 Å². The number of aliphatic hydroxyl groups is 1. The van der Waals surface area contributed by atoms with Crippen LogP contribution in [0.3, 0.4) is 0 Å². The van der Waals surface area contributed by atoms with Crippen LogP contribution < -0.4 is 5.32 Å². The molecule has 1 aliphatic rings. The molecule has 1 aliphatic heterocycles. The van der Waals surface area contributed by atoms with Gasteiger partial charge in [-0.15, -0.1) is 0 Å². The number of rotatable bonds is 6. The maximum atomic E-state index is 11.9. The van der Waals surface area contributed by atoms with E-state index in [0.717, 1.165) is 0 Å². The summed E-state index contributed by atoms with van der Waals surface area (Å²) < 4.78 is 0.